The van der Waals surface area contributed by atoms with Crippen LogP contribution in [0.3, 0.4) is 0 Å². The molecule has 0 spiro atoms. The van der Waals surface area contributed by atoms with E-state index in [1.54, 1.807) is 14.2 Å². The summed E-state index contributed by atoms with van der Waals surface area (Å²) in [6, 6.07) is 7.47. The first kappa shape index (κ1) is 13.5. The summed E-state index contributed by atoms with van der Waals surface area (Å²) >= 11 is 0. The van der Waals surface area contributed by atoms with Crippen LogP contribution in [0, 0.1) is 5.92 Å². The smallest absolute Gasteiger partial charge is 0.317 e. The second-order valence-electron chi connectivity index (χ2n) is 4.98. The Labute approximate surface area is 122 Å². The third-order valence-electron chi connectivity index (χ3n) is 3.64. The zero-order valence-corrected chi connectivity index (χ0v) is 12.2. The highest BCUT2D eigenvalue weighted by Gasteiger charge is 2.21. The normalized spacial score (nSPS) is 17.1. The van der Waals surface area contributed by atoms with Gasteiger partial charge >= 0.3 is 5.97 Å². The van der Waals surface area contributed by atoms with Gasteiger partial charge in [-0.3, -0.25) is 4.79 Å². The quantitative estimate of drug-likeness (QED) is 0.626. The highest BCUT2D eigenvalue weighted by atomic mass is 16.5. The minimum Gasteiger partial charge on any atom is -0.497 e. The summed E-state index contributed by atoms with van der Waals surface area (Å²) in [7, 11) is 3.23. The molecule has 0 aromatic heterocycles. The number of esters is 1. The average Bonchev–Trinajstić information content (AvgIpc) is 2.65. The number of carbonyl (C=O) groups is 1. The minimum absolute atomic E-state index is 0.257. The van der Waals surface area contributed by atoms with Gasteiger partial charge in [-0.25, -0.2) is 0 Å². The maximum Gasteiger partial charge on any atom is 0.317 e. The topological polar surface area (TPSA) is 44.8 Å². The van der Waals surface area contributed by atoms with Crippen molar-refractivity contribution in [1.29, 1.82) is 0 Å². The lowest BCUT2D eigenvalue weighted by Gasteiger charge is -2.14. The van der Waals surface area contributed by atoms with Crippen LogP contribution in [0.1, 0.15) is 12.5 Å². The van der Waals surface area contributed by atoms with Crippen LogP contribution in [0.15, 0.2) is 30.3 Å². The Morgan fingerprint density at radius 2 is 1.90 bits per heavy atom. The number of fused-ring (bicyclic) bond motifs is 3. The van der Waals surface area contributed by atoms with Crippen LogP contribution < -0.4 is 14.2 Å². The molecule has 4 nitrogen and oxygen atoms in total. The summed E-state index contributed by atoms with van der Waals surface area (Å²) < 4.78 is 16.3. The van der Waals surface area contributed by atoms with Crippen LogP contribution in [-0.4, -0.2) is 20.2 Å². The molecule has 4 heteroatoms. The second-order valence-corrected chi connectivity index (χ2v) is 4.98. The van der Waals surface area contributed by atoms with Gasteiger partial charge in [-0.2, -0.15) is 0 Å². The molecule has 108 valence electrons. The SMILES string of the molecule is COc1ccc2c3c(cc(OC)c2c1)C=CC(C)C(=O)O3. The maximum atomic E-state index is 12.0. The Bertz CT molecular complexity index is 746. The number of carbonyl (C=O) groups excluding carboxylic acids is 1. The Morgan fingerprint density at radius 3 is 2.62 bits per heavy atom. The molecular weight excluding hydrogens is 268 g/mol. The predicted molar refractivity (Wildman–Crippen MR) is 80.9 cm³/mol. The Hall–Kier alpha value is -2.49. The van der Waals surface area contributed by atoms with Crippen molar-refractivity contribution < 1.29 is 19.0 Å². The fourth-order valence-electron chi connectivity index (χ4n) is 2.42. The number of methoxy groups -OCH3 is 2. The van der Waals surface area contributed by atoms with E-state index in [-0.39, 0.29) is 11.9 Å². The van der Waals surface area contributed by atoms with Gasteiger partial charge in [0.25, 0.3) is 0 Å². The van der Waals surface area contributed by atoms with Gasteiger partial charge in [-0.1, -0.05) is 12.2 Å². The standard InChI is InChI=1S/C17H16O4/c1-10-4-5-11-8-15(20-3)14-9-12(19-2)6-7-13(14)16(11)21-17(10)18/h4-10H,1-3H3. The van der Waals surface area contributed by atoms with E-state index < -0.39 is 0 Å². The monoisotopic (exact) mass is 284 g/mol. The largest absolute Gasteiger partial charge is 0.497 e. The minimum atomic E-state index is -0.267. The lowest BCUT2D eigenvalue weighted by molar-refractivity contribution is -0.136. The van der Waals surface area contributed by atoms with Crippen molar-refractivity contribution in [1.82, 2.24) is 0 Å². The van der Waals surface area contributed by atoms with Crippen LogP contribution in [-0.2, 0) is 4.79 Å². The summed E-state index contributed by atoms with van der Waals surface area (Å²) in [6.07, 6.45) is 3.74. The molecule has 0 amide bonds. The molecule has 0 fully saturated rings. The van der Waals surface area contributed by atoms with Gasteiger partial charge < -0.3 is 14.2 Å². The molecule has 2 aromatic carbocycles. The Balaban J connectivity index is 2.31. The van der Waals surface area contributed by atoms with Crippen LogP contribution in [0.4, 0.5) is 0 Å². The Morgan fingerprint density at radius 1 is 1.10 bits per heavy atom. The van der Waals surface area contributed by atoms with E-state index in [0.29, 0.717) is 5.75 Å². The van der Waals surface area contributed by atoms with E-state index in [9.17, 15) is 4.79 Å². The van der Waals surface area contributed by atoms with Gasteiger partial charge in [-0.05, 0) is 31.2 Å². The number of benzene rings is 2. The highest BCUT2D eigenvalue weighted by molar-refractivity contribution is 5.99. The van der Waals surface area contributed by atoms with Gasteiger partial charge in [0, 0.05) is 16.3 Å². The molecule has 1 heterocycles. The van der Waals surface area contributed by atoms with E-state index in [1.165, 1.54) is 0 Å². The molecule has 2 aromatic rings. The van der Waals surface area contributed by atoms with Crippen molar-refractivity contribution in [3.8, 4) is 17.2 Å². The van der Waals surface area contributed by atoms with E-state index >= 15 is 0 Å². The van der Waals surface area contributed by atoms with Crippen molar-refractivity contribution in [3.05, 3.63) is 35.9 Å². The zero-order valence-electron chi connectivity index (χ0n) is 12.2. The summed E-state index contributed by atoms with van der Waals surface area (Å²) in [6.45, 7) is 1.81. The molecule has 0 N–H and O–H groups in total. The van der Waals surface area contributed by atoms with Crippen LogP contribution in [0.2, 0.25) is 0 Å². The number of hydrogen-bond donors (Lipinski definition) is 0. The molecule has 21 heavy (non-hydrogen) atoms. The molecule has 0 saturated heterocycles. The third-order valence-corrected chi connectivity index (χ3v) is 3.64. The van der Waals surface area contributed by atoms with Crippen molar-refractivity contribution in [2.75, 3.05) is 14.2 Å². The molecule has 3 rings (SSSR count). The summed E-state index contributed by atoms with van der Waals surface area (Å²) in [5, 5.41) is 1.68. The van der Waals surface area contributed by atoms with E-state index in [1.807, 2.05) is 43.3 Å². The highest BCUT2D eigenvalue weighted by Crippen LogP contribution is 2.40. The van der Waals surface area contributed by atoms with Gasteiger partial charge in [-0.15, -0.1) is 0 Å². The molecular formula is C17H16O4. The average molecular weight is 284 g/mol. The van der Waals surface area contributed by atoms with Gasteiger partial charge in [0.05, 0.1) is 20.1 Å². The number of hydrogen-bond acceptors (Lipinski definition) is 4. The molecule has 0 bridgehead atoms. The van der Waals surface area contributed by atoms with Crippen LogP contribution >= 0.6 is 0 Å². The first-order chi connectivity index (χ1) is 10.1. The summed E-state index contributed by atoms with van der Waals surface area (Å²) in [5.41, 5.74) is 0.835. The van der Waals surface area contributed by atoms with Gasteiger partial charge in [0.15, 0.2) is 0 Å². The molecule has 0 aliphatic carbocycles. The molecule has 1 unspecified atom stereocenters. The third kappa shape index (κ3) is 2.23. The predicted octanol–water partition coefficient (Wildman–Crippen LogP) is 3.43. The van der Waals surface area contributed by atoms with Gasteiger partial charge in [0.2, 0.25) is 0 Å². The van der Waals surface area contributed by atoms with E-state index in [4.69, 9.17) is 14.2 Å². The molecule has 1 aliphatic rings. The maximum absolute atomic E-state index is 12.0. The van der Waals surface area contributed by atoms with Gasteiger partial charge in [0.1, 0.15) is 17.2 Å². The van der Waals surface area contributed by atoms with Crippen molar-refractivity contribution in [3.63, 3.8) is 0 Å². The fourth-order valence-corrected chi connectivity index (χ4v) is 2.42. The Kier molecular flexibility index (Phi) is 3.29. The van der Waals surface area contributed by atoms with Crippen molar-refractivity contribution in [2.24, 2.45) is 5.92 Å². The number of rotatable bonds is 2. The number of ether oxygens (including phenoxy) is 3. The summed E-state index contributed by atoms with van der Waals surface area (Å²) in [5.74, 6) is 1.49. The molecule has 0 saturated carbocycles. The van der Waals surface area contributed by atoms with Crippen LogP contribution in [0.25, 0.3) is 16.8 Å². The van der Waals surface area contributed by atoms with Crippen molar-refractivity contribution >= 4 is 22.8 Å². The lowest BCUT2D eigenvalue weighted by Crippen LogP contribution is -2.14. The summed E-state index contributed by atoms with van der Waals surface area (Å²) in [4.78, 5) is 12.0. The lowest BCUT2D eigenvalue weighted by atomic mass is 10.0. The van der Waals surface area contributed by atoms with Crippen LogP contribution in [0.5, 0.6) is 17.2 Å². The van der Waals surface area contributed by atoms with E-state index in [0.717, 1.165) is 27.8 Å². The molecule has 1 atom stereocenters. The first-order valence-electron chi connectivity index (χ1n) is 6.72. The molecule has 1 aliphatic heterocycles. The second kappa shape index (κ2) is 5.13. The fraction of sp³-hybridized carbons (Fsp3) is 0.235. The zero-order chi connectivity index (χ0) is 15.0. The molecule has 0 radical (unpaired) electrons. The van der Waals surface area contributed by atoms with Crippen molar-refractivity contribution in [2.45, 2.75) is 6.92 Å². The first-order valence-corrected chi connectivity index (χ1v) is 6.72. The van der Waals surface area contributed by atoms with E-state index in [2.05, 4.69) is 0 Å².